The van der Waals surface area contributed by atoms with Gasteiger partial charge in [-0.1, -0.05) is 6.07 Å². The summed E-state index contributed by atoms with van der Waals surface area (Å²) in [5, 5.41) is 14.9. The molecule has 1 aromatic heterocycles. The smallest absolute Gasteiger partial charge is 0.0897 e. The molecule has 1 unspecified atom stereocenters. The van der Waals surface area contributed by atoms with Crippen LogP contribution in [0.4, 0.5) is 0 Å². The van der Waals surface area contributed by atoms with Crippen molar-refractivity contribution < 1.29 is 14.6 Å². The molecule has 5 heteroatoms. The van der Waals surface area contributed by atoms with Gasteiger partial charge in [0, 0.05) is 25.1 Å². The lowest BCUT2D eigenvalue weighted by Crippen LogP contribution is -2.31. The van der Waals surface area contributed by atoms with Crippen LogP contribution in [0.2, 0.25) is 0 Å². The first-order valence-corrected chi connectivity index (χ1v) is 7.18. The monoisotopic (exact) mass is 273 g/mol. The van der Waals surface area contributed by atoms with Crippen molar-refractivity contribution in [3.8, 4) is 0 Å². The van der Waals surface area contributed by atoms with Crippen LogP contribution < -0.4 is 5.32 Å². The summed E-state index contributed by atoms with van der Waals surface area (Å²) in [4.78, 5) is 1.19. The van der Waals surface area contributed by atoms with Crippen LogP contribution in [0.25, 0.3) is 0 Å². The molecule has 0 radical (unpaired) electrons. The summed E-state index contributed by atoms with van der Waals surface area (Å²) < 4.78 is 10.4. The van der Waals surface area contributed by atoms with Crippen molar-refractivity contribution in [2.45, 2.75) is 25.6 Å². The Morgan fingerprint density at radius 1 is 1.44 bits per heavy atom. The first-order valence-electron chi connectivity index (χ1n) is 6.30. The SMILES string of the molecule is COCCCCNCC(O)COCc1cccs1. The molecule has 0 amide bonds. The molecule has 1 heterocycles. The summed E-state index contributed by atoms with van der Waals surface area (Å²) in [6.07, 6.45) is 1.68. The van der Waals surface area contributed by atoms with Crippen molar-refractivity contribution >= 4 is 11.3 Å². The number of unbranched alkanes of at least 4 members (excludes halogenated alkanes) is 1. The summed E-state index contributed by atoms with van der Waals surface area (Å²) in [5.74, 6) is 0. The number of ether oxygens (including phenoxy) is 2. The Morgan fingerprint density at radius 2 is 2.33 bits per heavy atom. The van der Waals surface area contributed by atoms with Gasteiger partial charge in [0.15, 0.2) is 0 Å². The molecule has 4 nitrogen and oxygen atoms in total. The Kier molecular flexibility index (Phi) is 9.06. The quantitative estimate of drug-likeness (QED) is 0.602. The maximum Gasteiger partial charge on any atom is 0.0897 e. The number of aliphatic hydroxyl groups is 1. The standard InChI is InChI=1S/C13H23NO3S/c1-16-7-3-2-6-14-9-12(15)10-17-11-13-5-4-8-18-13/h4-5,8,12,14-15H,2-3,6-7,9-11H2,1H3. The minimum Gasteiger partial charge on any atom is -0.389 e. The van der Waals surface area contributed by atoms with Crippen LogP contribution >= 0.6 is 11.3 Å². The van der Waals surface area contributed by atoms with Crippen LogP contribution in [-0.4, -0.2) is 44.6 Å². The van der Waals surface area contributed by atoms with Gasteiger partial charge in [0.1, 0.15) is 0 Å². The second-order valence-corrected chi connectivity index (χ2v) is 5.18. The minimum absolute atomic E-state index is 0.378. The maximum absolute atomic E-state index is 9.67. The third-order valence-electron chi connectivity index (χ3n) is 2.47. The first kappa shape index (κ1) is 15.6. The van der Waals surface area contributed by atoms with Gasteiger partial charge in [0.05, 0.1) is 19.3 Å². The third-order valence-corrected chi connectivity index (χ3v) is 3.32. The fourth-order valence-electron chi connectivity index (χ4n) is 1.51. The second-order valence-electron chi connectivity index (χ2n) is 4.15. The topological polar surface area (TPSA) is 50.7 Å². The number of aliphatic hydroxyl groups excluding tert-OH is 1. The van der Waals surface area contributed by atoms with Crippen molar-refractivity contribution in [2.24, 2.45) is 0 Å². The van der Waals surface area contributed by atoms with E-state index in [2.05, 4.69) is 5.32 Å². The summed E-state index contributed by atoms with van der Waals surface area (Å²) in [7, 11) is 1.71. The van der Waals surface area contributed by atoms with E-state index in [-0.39, 0.29) is 0 Å². The molecule has 104 valence electrons. The van der Waals surface area contributed by atoms with E-state index in [9.17, 15) is 5.11 Å². The van der Waals surface area contributed by atoms with E-state index < -0.39 is 6.10 Å². The van der Waals surface area contributed by atoms with Crippen LogP contribution in [-0.2, 0) is 16.1 Å². The minimum atomic E-state index is -0.438. The van der Waals surface area contributed by atoms with Crippen molar-refractivity contribution in [1.82, 2.24) is 5.32 Å². The molecule has 0 aliphatic carbocycles. The molecule has 0 aliphatic heterocycles. The molecule has 18 heavy (non-hydrogen) atoms. The van der Waals surface area contributed by atoms with Crippen LogP contribution in [0.3, 0.4) is 0 Å². The molecule has 0 fully saturated rings. The van der Waals surface area contributed by atoms with E-state index >= 15 is 0 Å². The summed E-state index contributed by atoms with van der Waals surface area (Å²) in [6, 6.07) is 4.03. The number of nitrogens with one attached hydrogen (secondary N) is 1. The zero-order valence-electron chi connectivity index (χ0n) is 10.9. The number of methoxy groups -OCH3 is 1. The molecule has 1 rings (SSSR count). The highest BCUT2D eigenvalue weighted by molar-refractivity contribution is 7.09. The molecule has 0 bridgehead atoms. The molecule has 1 atom stereocenters. The average Bonchev–Trinajstić information content (AvgIpc) is 2.87. The molecule has 0 aromatic carbocycles. The predicted molar refractivity (Wildman–Crippen MR) is 74.0 cm³/mol. The Bertz CT molecular complexity index is 280. The molecule has 0 saturated heterocycles. The van der Waals surface area contributed by atoms with Crippen LogP contribution in [0.5, 0.6) is 0 Å². The highest BCUT2D eigenvalue weighted by Crippen LogP contribution is 2.09. The van der Waals surface area contributed by atoms with Gasteiger partial charge in [0.2, 0.25) is 0 Å². The Hall–Kier alpha value is -0.460. The van der Waals surface area contributed by atoms with Gasteiger partial charge in [0.25, 0.3) is 0 Å². The summed E-state index contributed by atoms with van der Waals surface area (Å²) >= 11 is 1.67. The Labute approximate surface area is 113 Å². The van der Waals surface area contributed by atoms with Crippen molar-refractivity contribution in [3.63, 3.8) is 0 Å². The van der Waals surface area contributed by atoms with Crippen LogP contribution in [0.15, 0.2) is 17.5 Å². The summed E-state index contributed by atoms with van der Waals surface area (Å²) in [5.41, 5.74) is 0. The predicted octanol–water partition coefficient (Wildman–Crippen LogP) is 1.64. The molecular formula is C13H23NO3S. The lowest BCUT2D eigenvalue weighted by atomic mass is 10.3. The van der Waals surface area contributed by atoms with E-state index in [0.29, 0.717) is 19.8 Å². The van der Waals surface area contributed by atoms with E-state index in [4.69, 9.17) is 9.47 Å². The highest BCUT2D eigenvalue weighted by Gasteiger charge is 2.03. The molecule has 0 spiro atoms. The zero-order valence-corrected chi connectivity index (χ0v) is 11.7. The lowest BCUT2D eigenvalue weighted by Gasteiger charge is -2.12. The Morgan fingerprint density at radius 3 is 3.06 bits per heavy atom. The molecule has 2 N–H and O–H groups in total. The van der Waals surface area contributed by atoms with Gasteiger partial charge in [-0.15, -0.1) is 11.3 Å². The lowest BCUT2D eigenvalue weighted by molar-refractivity contribution is 0.0299. The largest absolute Gasteiger partial charge is 0.389 e. The first-order chi connectivity index (χ1) is 8.83. The number of thiophene rings is 1. The Balaban J connectivity index is 1.89. The fraction of sp³-hybridized carbons (Fsp3) is 0.692. The van der Waals surface area contributed by atoms with E-state index in [1.54, 1.807) is 18.4 Å². The molecule has 1 aromatic rings. The summed E-state index contributed by atoms with van der Waals surface area (Å²) in [6.45, 7) is 3.25. The van der Waals surface area contributed by atoms with Gasteiger partial charge in [-0.2, -0.15) is 0 Å². The highest BCUT2D eigenvalue weighted by atomic mass is 32.1. The number of hydrogen-bond acceptors (Lipinski definition) is 5. The average molecular weight is 273 g/mol. The maximum atomic E-state index is 9.67. The normalized spacial score (nSPS) is 12.8. The van der Waals surface area contributed by atoms with Crippen molar-refractivity contribution in [1.29, 1.82) is 0 Å². The van der Waals surface area contributed by atoms with Crippen LogP contribution in [0.1, 0.15) is 17.7 Å². The van der Waals surface area contributed by atoms with Gasteiger partial charge >= 0.3 is 0 Å². The van der Waals surface area contributed by atoms with Crippen molar-refractivity contribution in [3.05, 3.63) is 22.4 Å². The third kappa shape index (κ3) is 7.79. The van der Waals surface area contributed by atoms with Gasteiger partial charge in [-0.25, -0.2) is 0 Å². The molecular weight excluding hydrogens is 250 g/mol. The van der Waals surface area contributed by atoms with Crippen molar-refractivity contribution in [2.75, 3.05) is 33.4 Å². The fourth-order valence-corrected chi connectivity index (χ4v) is 2.15. The van der Waals surface area contributed by atoms with Crippen LogP contribution in [0, 0.1) is 0 Å². The van der Waals surface area contributed by atoms with Gasteiger partial charge < -0.3 is 19.9 Å². The van der Waals surface area contributed by atoms with E-state index in [0.717, 1.165) is 26.0 Å². The molecule has 0 aliphatic rings. The van der Waals surface area contributed by atoms with Gasteiger partial charge in [-0.05, 0) is 30.8 Å². The zero-order chi connectivity index (χ0) is 13.1. The number of hydrogen-bond donors (Lipinski definition) is 2. The number of rotatable bonds is 11. The second kappa shape index (κ2) is 10.5. The van der Waals surface area contributed by atoms with E-state index in [1.165, 1.54) is 4.88 Å². The van der Waals surface area contributed by atoms with E-state index in [1.807, 2.05) is 17.5 Å². The van der Waals surface area contributed by atoms with Gasteiger partial charge in [-0.3, -0.25) is 0 Å². The molecule has 0 saturated carbocycles.